The molecular formula is C15H16N2O4S. The lowest BCUT2D eigenvalue weighted by molar-refractivity contribution is 0.398. The van der Waals surface area contributed by atoms with Gasteiger partial charge in [-0.1, -0.05) is 12.1 Å². The molecule has 0 radical (unpaired) electrons. The van der Waals surface area contributed by atoms with Crippen LogP contribution in [0.1, 0.15) is 5.56 Å². The third kappa shape index (κ3) is 3.69. The Morgan fingerprint density at radius 2 is 1.64 bits per heavy atom. The first kappa shape index (κ1) is 16.1. The lowest BCUT2D eigenvalue weighted by Crippen LogP contribution is -2.01. The molecule has 22 heavy (non-hydrogen) atoms. The number of azo groups is 1. The molecule has 0 amide bonds. The molecule has 6 nitrogen and oxygen atoms in total. The van der Waals surface area contributed by atoms with Crippen LogP contribution >= 0.6 is 0 Å². The first-order chi connectivity index (χ1) is 10.5. The highest BCUT2D eigenvalue weighted by Gasteiger charge is 2.12. The number of rotatable bonds is 5. The van der Waals surface area contributed by atoms with Crippen molar-refractivity contribution in [3.63, 3.8) is 0 Å². The first-order valence-corrected chi connectivity index (χ1v) is 7.84. The molecule has 0 fully saturated rings. The van der Waals surface area contributed by atoms with Crippen LogP contribution in [0.3, 0.4) is 0 Å². The summed E-state index contributed by atoms with van der Waals surface area (Å²) in [6.07, 6.45) is 0. The Labute approximate surface area is 129 Å². The zero-order valence-corrected chi connectivity index (χ0v) is 13.3. The van der Waals surface area contributed by atoms with Crippen molar-refractivity contribution < 1.29 is 17.3 Å². The van der Waals surface area contributed by atoms with Crippen molar-refractivity contribution in [2.75, 3.05) is 14.2 Å². The zero-order chi connectivity index (χ0) is 16.2. The van der Waals surface area contributed by atoms with Gasteiger partial charge >= 0.3 is 0 Å². The van der Waals surface area contributed by atoms with E-state index in [1.54, 1.807) is 31.4 Å². The Bertz CT molecular complexity index is 801. The van der Waals surface area contributed by atoms with Gasteiger partial charge in [0.15, 0.2) is 0 Å². The minimum atomic E-state index is -3.74. The summed E-state index contributed by atoms with van der Waals surface area (Å²) in [4.78, 5) is 0.0351. The SMILES string of the molecule is COc1cc(N=Nc2cccc(S(=O)(=O)OC)c2)ccc1C. The fourth-order valence-corrected chi connectivity index (χ4v) is 2.49. The highest BCUT2D eigenvalue weighted by molar-refractivity contribution is 7.86. The van der Waals surface area contributed by atoms with E-state index >= 15 is 0 Å². The molecule has 0 unspecified atom stereocenters. The Morgan fingerprint density at radius 3 is 2.27 bits per heavy atom. The molecule has 7 heteroatoms. The average molecular weight is 320 g/mol. The van der Waals surface area contributed by atoms with Crippen molar-refractivity contribution in [3.05, 3.63) is 48.0 Å². The molecule has 0 saturated heterocycles. The molecule has 116 valence electrons. The topological polar surface area (TPSA) is 77.3 Å². The molecule has 0 bridgehead atoms. The van der Waals surface area contributed by atoms with Crippen molar-refractivity contribution in [1.29, 1.82) is 0 Å². The second-order valence-electron chi connectivity index (χ2n) is 4.47. The summed E-state index contributed by atoms with van der Waals surface area (Å²) in [5, 5.41) is 8.12. The van der Waals surface area contributed by atoms with Gasteiger partial charge < -0.3 is 4.74 Å². The molecule has 0 aliphatic heterocycles. The molecular weight excluding hydrogens is 304 g/mol. The first-order valence-electron chi connectivity index (χ1n) is 6.43. The molecule has 2 aromatic rings. The fraction of sp³-hybridized carbons (Fsp3) is 0.200. The molecule has 2 rings (SSSR count). The molecule has 0 aliphatic rings. The van der Waals surface area contributed by atoms with E-state index in [-0.39, 0.29) is 4.90 Å². The Morgan fingerprint density at radius 1 is 0.955 bits per heavy atom. The van der Waals surface area contributed by atoms with Gasteiger partial charge in [0.05, 0.1) is 30.5 Å². The van der Waals surface area contributed by atoms with E-state index in [0.717, 1.165) is 12.7 Å². The summed E-state index contributed by atoms with van der Waals surface area (Å²) in [6, 6.07) is 11.5. The molecule has 2 aromatic carbocycles. The van der Waals surface area contributed by atoms with Gasteiger partial charge in [0.25, 0.3) is 10.1 Å². The lowest BCUT2D eigenvalue weighted by Gasteiger charge is -2.04. The van der Waals surface area contributed by atoms with Crippen LogP contribution in [0.15, 0.2) is 57.6 Å². The number of benzene rings is 2. The van der Waals surface area contributed by atoms with E-state index in [1.165, 1.54) is 12.1 Å². The van der Waals surface area contributed by atoms with Crippen LogP contribution < -0.4 is 4.74 Å². The van der Waals surface area contributed by atoms with Crippen LogP contribution in [0.5, 0.6) is 5.75 Å². The van der Waals surface area contributed by atoms with Crippen molar-refractivity contribution in [2.24, 2.45) is 10.2 Å². The second-order valence-corrected chi connectivity index (χ2v) is 6.19. The summed E-state index contributed by atoms with van der Waals surface area (Å²) >= 11 is 0. The quantitative estimate of drug-likeness (QED) is 0.621. The van der Waals surface area contributed by atoms with E-state index in [2.05, 4.69) is 14.4 Å². The van der Waals surface area contributed by atoms with Crippen LogP contribution in [-0.4, -0.2) is 22.6 Å². The van der Waals surface area contributed by atoms with Crippen molar-refractivity contribution in [3.8, 4) is 5.75 Å². The monoisotopic (exact) mass is 320 g/mol. The van der Waals surface area contributed by atoms with Crippen molar-refractivity contribution >= 4 is 21.5 Å². The number of nitrogens with zero attached hydrogens (tertiary/aromatic N) is 2. The van der Waals surface area contributed by atoms with Crippen LogP contribution in [0.2, 0.25) is 0 Å². The highest BCUT2D eigenvalue weighted by atomic mass is 32.2. The highest BCUT2D eigenvalue weighted by Crippen LogP contribution is 2.26. The predicted molar refractivity (Wildman–Crippen MR) is 82.5 cm³/mol. The Balaban J connectivity index is 2.29. The number of methoxy groups -OCH3 is 1. The van der Waals surface area contributed by atoms with Gasteiger partial charge in [0.2, 0.25) is 0 Å². The van der Waals surface area contributed by atoms with E-state index in [9.17, 15) is 8.42 Å². The van der Waals surface area contributed by atoms with Gasteiger partial charge in [-0.3, -0.25) is 4.18 Å². The van der Waals surface area contributed by atoms with Gasteiger partial charge in [-0.15, -0.1) is 0 Å². The van der Waals surface area contributed by atoms with Gasteiger partial charge in [-0.25, -0.2) is 0 Å². The number of ether oxygens (including phenoxy) is 1. The third-order valence-corrected chi connectivity index (χ3v) is 4.27. The summed E-state index contributed by atoms with van der Waals surface area (Å²) in [6.45, 7) is 1.93. The number of hydrogen-bond acceptors (Lipinski definition) is 6. The van der Waals surface area contributed by atoms with Gasteiger partial charge in [-0.05, 0) is 36.8 Å². The van der Waals surface area contributed by atoms with E-state index < -0.39 is 10.1 Å². The maximum absolute atomic E-state index is 11.6. The minimum absolute atomic E-state index is 0.0351. The van der Waals surface area contributed by atoms with Gasteiger partial charge in [0, 0.05) is 6.07 Å². The smallest absolute Gasteiger partial charge is 0.296 e. The second kappa shape index (κ2) is 6.67. The van der Waals surface area contributed by atoms with Gasteiger partial charge in [-0.2, -0.15) is 18.6 Å². The Kier molecular flexibility index (Phi) is 4.89. The fourth-order valence-electron chi connectivity index (χ4n) is 1.78. The van der Waals surface area contributed by atoms with Crippen LogP contribution in [0, 0.1) is 6.92 Å². The van der Waals surface area contributed by atoms with Crippen molar-refractivity contribution in [1.82, 2.24) is 0 Å². The molecule has 0 heterocycles. The maximum atomic E-state index is 11.6. The third-order valence-electron chi connectivity index (χ3n) is 3.00. The summed E-state index contributed by atoms with van der Waals surface area (Å²) < 4.78 is 33.0. The largest absolute Gasteiger partial charge is 0.496 e. The van der Waals surface area contributed by atoms with Gasteiger partial charge in [0.1, 0.15) is 5.75 Å². The molecule has 0 N–H and O–H groups in total. The van der Waals surface area contributed by atoms with Crippen molar-refractivity contribution in [2.45, 2.75) is 11.8 Å². The number of aryl methyl sites for hydroxylation is 1. The van der Waals surface area contributed by atoms with Crippen LogP contribution in [-0.2, 0) is 14.3 Å². The summed E-state index contributed by atoms with van der Waals surface area (Å²) in [7, 11) is -1.04. The molecule has 0 saturated carbocycles. The van der Waals surface area contributed by atoms with Crippen LogP contribution in [0.25, 0.3) is 0 Å². The normalized spacial score (nSPS) is 11.8. The molecule has 0 aromatic heterocycles. The summed E-state index contributed by atoms with van der Waals surface area (Å²) in [5.41, 5.74) is 2.02. The predicted octanol–water partition coefficient (Wildman–Crippen LogP) is 3.75. The van der Waals surface area contributed by atoms with E-state index in [0.29, 0.717) is 17.1 Å². The minimum Gasteiger partial charge on any atom is -0.496 e. The number of hydrogen-bond donors (Lipinski definition) is 0. The standard InChI is InChI=1S/C15H16N2O4S/c1-11-7-8-13(10-15(11)20-2)17-16-12-5-4-6-14(9-12)22(18,19)21-3/h4-10H,1-3H3. The molecule has 0 aliphatic carbocycles. The average Bonchev–Trinajstić information content (AvgIpc) is 2.54. The van der Waals surface area contributed by atoms with E-state index in [4.69, 9.17) is 4.74 Å². The van der Waals surface area contributed by atoms with E-state index in [1.807, 2.05) is 13.0 Å². The zero-order valence-electron chi connectivity index (χ0n) is 12.5. The molecule has 0 spiro atoms. The Hall–Kier alpha value is -2.25. The summed E-state index contributed by atoms with van der Waals surface area (Å²) in [5.74, 6) is 0.715. The maximum Gasteiger partial charge on any atom is 0.296 e. The molecule has 0 atom stereocenters. The van der Waals surface area contributed by atoms with Crippen LogP contribution in [0.4, 0.5) is 11.4 Å². The lowest BCUT2D eigenvalue weighted by atomic mass is 10.2.